The van der Waals surface area contributed by atoms with Crippen molar-refractivity contribution in [3.05, 3.63) is 59.2 Å². The lowest BCUT2D eigenvalue weighted by Gasteiger charge is -2.10. The van der Waals surface area contributed by atoms with Gasteiger partial charge in [-0.3, -0.25) is 0 Å². The highest BCUT2D eigenvalue weighted by Gasteiger charge is 2.17. The van der Waals surface area contributed by atoms with Crippen LogP contribution in [0.5, 0.6) is 0 Å². The van der Waals surface area contributed by atoms with Gasteiger partial charge < -0.3 is 5.73 Å². The Morgan fingerprint density at radius 2 is 1.86 bits per heavy atom. The molecule has 0 atom stereocenters. The zero-order valence-electron chi connectivity index (χ0n) is 11.5. The molecule has 0 fully saturated rings. The maximum absolute atomic E-state index is 12.3. The number of nitrogens with two attached hydrogens (primary N) is 1. The summed E-state index contributed by atoms with van der Waals surface area (Å²) in [4.78, 5) is 0.177. The first kappa shape index (κ1) is 15.0. The number of nitrogen functional groups attached to an aromatic ring is 1. The molecule has 5 nitrogen and oxygen atoms in total. The zero-order valence-corrected chi connectivity index (χ0v) is 12.3. The summed E-state index contributed by atoms with van der Waals surface area (Å²) < 4.78 is 27.1. The molecular formula is C15H15N3O2S. The topological polar surface area (TPSA) is 96.0 Å². The standard InChI is InChI=1S/C15H15N3O2S/c1-11-14(17)3-2-4-15(11)21(19,20)18-10-13-7-5-12(9-16)6-8-13/h2-8,18H,10,17H2,1H3. The minimum atomic E-state index is -3.62. The molecular weight excluding hydrogens is 286 g/mol. The van der Waals surface area contributed by atoms with E-state index in [1.807, 2.05) is 6.07 Å². The van der Waals surface area contributed by atoms with Gasteiger partial charge >= 0.3 is 0 Å². The zero-order chi connectivity index (χ0) is 15.5. The fourth-order valence-corrected chi connectivity index (χ4v) is 3.17. The van der Waals surface area contributed by atoms with Crippen molar-refractivity contribution in [1.82, 2.24) is 4.72 Å². The fourth-order valence-electron chi connectivity index (χ4n) is 1.88. The van der Waals surface area contributed by atoms with E-state index in [0.717, 1.165) is 5.56 Å². The number of nitriles is 1. The molecule has 2 rings (SSSR count). The molecule has 6 heteroatoms. The van der Waals surface area contributed by atoms with Gasteiger partial charge in [0.05, 0.1) is 16.5 Å². The molecule has 21 heavy (non-hydrogen) atoms. The van der Waals surface area contributed by atoms with Crippen molar-refractivity contribution in [3.8, 4) is 6.07 Å². The van der Waals surface area contributed by atoms with Gasteiger partial charge in [-0.15, -0.1) is 0 Å². The first-order valence-electron chi connectivity index (χ1n) is 6.28. The highest BCUT2D eigenvalue weighted by Crippen LogP contribution is 2.20. The maximum Gasteiger partial charge on any atom is 0.241 e. The smallest absolute Gasteiger partial charge is 0.241 e. The van der Waals surface area contributed by atoms with Crippen molar-refractivity contribution in [3.63, 3.8) is 0 Å². The van der Waals surface area contributed by atoms with E-state index in [-0.39, 0.29) is 11.4 Å². The molecule has 2 aromatic carbocycles. The number of nitrogens with one attached hydrogen (secondary N) is 1. The average Bonchev–Trinajstić information content (AvgIpc) is 2.48. The lowest BCUT2D eigenvalue weighted by atomic mass is 10.1. The molecule has 0 aliphatic heterocycles. The Labute approximate surface area is 124 Å². The van der Waals surface area contributed by atoms with Crippen LogP contribution < -0.4 is 10.5 Å². The molecule has 0 aromatic heterocycles. The van der Waals surface area contributed by atoms with Crippen LogP contribution >= 0.6 is 0 Å². The SMILES string of the molecule is Cc1c(N)cccc1S(=O)(=O)NCc1ccc(C#N)cc1. The van der Waals surface area contributed by atoms with Crippen molar-refractivity contribution in [2.45, 2.75) is 18.4 Å². The van der Waals surface area contributed by atoms with E-state index in [1.165, 1.54) is 6.07 Å². The van der Waals surface area contributed by atoms with Crippen LogP contribution in [0.25, 0.3) is 0 Å². The molecule has 0 aliphatic rings. The molecule has 0 spiro atoms. The minimum Gasteiger partial charge on any atom is -0.398 e. The van der Waals surface area contributed by atoms with Crippen LogP contribution in [0.1, 0.15) is 16.7 Å². The lowest BCUT2D eigenvalue weighted by Crippen LogP contribution is -2.24. The van der Waals surface area contributed by atoms with E-state index < -0.39 is 10.0 Å². The van der Waals surface area contributed by atoms with Gasteiger partial charge in [-0.05, 0) is 42.3 Å². The van der Waals surface area contributed by atoms with E-state index in [4.69, 9.17) is 11.0 Å². The molecule has 108 valence electrons. The van der Waals surface area contributed by atoms with Crippen LogP contribution in [0, 0.1) is 18.3 Å². The summed E-state index contributed by atoms with van der Waals surface area (Å²) in [7, 11) is -3.62. The summed E-state index contributed by atoms with van der Waals surface area (Å²) >= 11 is 0. The highest BCUT2D eigenvalue weighted by atomic mass is 32.2. The van der Waals surface area contributed by atoms with Gasteiger partial charge in [0.15, 0.2) is 0 Å². The predicted octanol–water partition coefficient (Wildman–Crippen LogP) is 1.93. The Bertz CT molecular complexity index is 791. The van der Waals surface area contributed by atoms with Gasteiger partial charge in [0, 0.05) is 12.2 Å². The third kappa shape index (κ3) is 3.40. The first-order valence-corrected chi connectivity index (χ1v) is 7.76. The Hall–Kier alpha value is -2.36. The van der Waals surface area contributed by atoms with Gasteiger partial charge in [0.1, 0.15) is 0 Å². The third-order valence-electron chi connectivity index (χ3n) is 3.16. The second-order valence-corrected chi connectivity index (χ2v) is 6.34. The van der Waals surface area contributed by atoms with Crippen LogP contribution in [0.3, 0.4) is 0 Å². The van der Waals surface area contributed by atoms with E-state index in [1.54, 1.807) is 43.3 Å². The molecule has 0 aliphatic carbocycles. The largest absolute Gasteiger partial charge is 0.398 e. The fraction of sp³-hybridized carbons (Fsp3) is 0.133. The lowest BCUT2D eigenvalue weighted by molar-refractivity contribution is 0.580. The summed E-state index contributed by atoms with van der Waals surface area (Å²) in [5.74, 6) is 0. The Balaban J connectivity index is 2.18. The number of rotatable bonds is 4. The summed E-state index contributed by atoms with van der Waals surface area (Å²) in [6.07, 6.45) is 0. The average molecular weight is 301 g/mol. The van der Waals surface area contributed by atoms with E-state index in [0.29, 0.717) is 16.8 Å². The van der Waals surface area contributed by atoms with Crippen LogP contribution in [-0.4, -0.2) is 8.42 Å². The molecule has 0 saturated heterocycles. The second kappa shape index (κ2) is 5.95. The van der Waals surface area contributed by atoms with Gasteiger partial charge in [-0.25, -0.2) is 13.1 Å². The van der Waals surface area contributed by atoms with Gasteiger partial charge in [0.2, 0.25) is 10.0 Å². The van der Waals surface area contributed by atoms with Crippen LogP contribution in [0.4, 0.5) is 5.69 Å². The number of anilines is 1. The van der Waals surface area contributed by atoms with E-state index in [2.05, 4.69) is 4.72 Å². The predicted molar refractivity (Wildman–Crippen MR) is 80.8 cm³/mol. The van der Waals surface area contributed by atoms with Gasteiger partial charge in [0.25, 0.3) is 0 Å². The molecule has 0 radical (unpaired) electrons. The van der Waals surface area contributed by atoms with Gasteiger partial charge in [-0.1, -0.05) is 18.2 Å². The van der Waals surface area contributed by atoms with Crippen LogP contribution in [0.2, 0.25) is 0 Å². The molecule has 0 heterocycles. The van der Waals surface area contributed by atoms with Crippen molar-refractivity contribution in [2.75, 3.05) is 5.73 Å². The number of hydrogen-bond donors (Lipinski definition) is 2. The van der Waals surface area contributed by atoms with Gasteiger partial charge in [-0.2, -0.15) is 5.26 Å². The summed E-state index contributed by atoms with van der Waals surface area (Å²) in [6, 6.07) is 13.5. The summed E-state index contributed by atoms with van der Waals surface area (Å²) in [6.45, 7) is 1.83. The summed E-state index contributed by atoms with van der Waals surface area (Å²) in [5, 5.41) is 8.72. The van der Waals surface area contributed by atoms with Crippen molar-refractivity contribution in [2.24, 2.45) is 0 Å². The minimum absolute atomic E-state index is 0.155. The number of sulfonamides is 1. The quantitative estimate of drug-likeness (QED) is 0.843. The molecule has 0 unspecified atom stereocenters. The third-order valence-corrected chi connectivity index (χ3v) is 4.71. The normalized spacial score (nSPS) is 11.0. The number of hydrogen-bond acceptors (Lipinski definition) is 4. The molecule has 2 aromatic rings. The van der Waals surface area contributed by atoms with Crippen molar-refractivity contribution >= 4 is 15.7 Å². The van der Waals surface area contributed by atoms with Crippen LogP contribution in [-0.2, 0) is 16.6 Å². The van der Waals surface area contributed by atoms with Crippen molar-refractivity contribution < 1.29 is 8.42 Å². The maximum atomic E-state index is 12.3. The molecule has 0 amide bonds. The van der Waals surface area contributed by atoms with E-state index >= 15 is 0 Å². The summed E-state index contributed by atoms with van der Waals surface area (Å²) in [5.41, 5.74) is 8.02. The highest BCUT2D eigenvalue weighted by molar-refractivity contribution is 7.89. The molecule has 0 bridgehead atoms. The van der Waals surface area contributed by atoms with Crippen molar-refractivity contribution in [1.29, 1.82) is 5.26 Å². The monoisotopic (exact) mass is 301 g/mol. The molecule has 0 saturated carbocycles. The molecule has 3 N–H and O–H groups in total. The Morgan fingerprint density at radius 1 is 1.19 bits per heavy atom. The Kier molecular flexibility index (Phi) is 4.26. The van der Waals surface area contributed by atoms with E-state index in [9.17, 15) is 8.42 Å². The number of benzene rings is 2. The van der Waals surface area contributed by atoms with Crippen LogP contribution in [0.15, 0.2) is 47.4 Å². The second-order valence-electron chi connectivity index (χ2n) is 4.60. The number of nitrogens with zero attached hydrogens (tertiary/aromatic N) is 1. The first-order chi connectivity index (χ1) is 9.94. The Morgan fingerprint density at radius 3 is 2.48 bits per heavy atom.